The summed E-state index contributed by atoms with van der Waals surface area (Å²) in [6.07, 6.45) is 10.9. The molecule has 0 aromatic heterocycles. The van der Waals surface area contributed by atoms with E-state index < -0.39 is 0 Å². The fourth-order valence-corrected chi connectivity index (χ4v) is 8.64. The molecule has 8 nitrogen and oxygen atoms in total. The van der Waals surface area contributed by atoms with E-state index in [0.717, 1.165) is 43.8 Å². The van der Waals surface area contributed by atoms with Gasteiger partial charge in [0.1, 0.15) is 0 Å². The van der Waals surface area contributed by atoms with Gasteiger partial charge in [0.25, 0.3) is 0 Å². The maximum atomic E-state index is 12.6. The number of amides is 1. The molecule has 2 aliphatic carbocycles. The summed E-state index contributed by atoms with van der Waals surface area (Å²) in [6.45, 7) is 7.60. The molecule has 0 radical (unpaired) electrons. The molecule has 1 aromatic rings. The van der Waals surface area contributed by atoms with Gasteiger partial charge in [-0.05, 0) is 99.7 Å². The zero-order valence-electron chi connectivity index (χ0n) is 24.4. The lowest BCUT2D eigenvalue weighted by molar-refractivity contribution is -0.137. The average molecular weight is 581 g/mol. The van der Waals surface area contributed by atoms with Gasteiger partial charge in [-0.15, -0.1) is 0 Å². The van der Waals surface area contributed by atoms with Gasteiger partial charge in [-0.3, -0.25) is 20.3 Å². The van der Waals surface area contributed by atoms with Crippen molar-refractivity contribution in [1.82, 2.24) is 25.3 Å². The van der Waals surface area contributed by atoms with Crippen molar-refractivity contribution in [3.05, 3.63) is 47.0 Å². The number of benzene rings is 1. The molecule has 1 saturated carbocycles. The maximum absolute atomic E-state index is 12.6. The predicted octanol–water partition coefficient (Wildman–Crippen LogP) is 3.51. The van der Waals surface area contributed by atoms with Gasteiger partial charge in [0, 0.05) is 42.7 Å². The van der Waals surface area contributed by atoms with Crippen LogP contribution in [0.2, 0.25) is 5.02 Å². The fourth-order valence-electron chi connectivity index (χ4n) is 8.45. The molecular formula is C32H45ClN6O2. The minimum absolute atomic E-state index is 0.0831. The predicted molar refractivity (Wildman–Crippen MR) is 160 cm³/mol. The highest BCUT2D eigenvalue weighted by Gasteiger charge is 2.50. The molecule has 5 aliphatic rings. The quantitative estimate of drug-likeness (QED) is 0.498. The third-order valence-electron chi connectivity index (χ3n) is 10.7. The fraction of sp³-hybridized carbons (Fsp3) is 0.688. The third kappa shape index (κ3) is 6.08. The standard InChI is InChI=1S/C32H45ClN6O2/c1-3-29(40)39-16-15-38(20-25(39)10-13-34)30-27-9-12-32(11-8-22-6-7-24(33)17-23(22)18-32)19-28(27)35-31(36-30)41-21-26-5-4-14-37(26)2/h3,6-7,17,25-28,30-31,35-36H,1,4-5,8-12,14-16,18-21H2,2H3/t25?,26?,27?,28?,30?,31?,32-/m0/s1. The van der Waals surface area contributed by atoms with Crippen LogP contribution < -0.4 is 10.6 Å². The molecule has 1 spiro atoms. The van der Waals surface area contributed by atoms with Crippen LogP contribution in [-0.4, -0.2) is 91.1 Å². The van der Waals surface area contributed by atoms with E-state index in [4.69, 9.17) is 16.3 Å². The van der Waals surface area contributed by atoms with Crippen molar-refractivity contribution < 1.29 is 9.53 Å². The van der Waals surface area contributed by atoms with Crippen molar-refractivity contribution in [3.63, 3.8) is 0 Å². The summed E-state index contributed by atoms with van der Waals surface area (Å²) >= 11 is 6.41. The van der Waals surface area contributed by atoms with Crippen LogP contribution in [0.25, 0.3) is 0 Å². The molecule has 6 unspecified atom stereocenters. The Labute approximate surface area is 250 Å². The molecule has 3 aliphatic heterocycles. The van der Waals surface area contributed by atoms with Crippen LogP contribution in [0.3, 0.4) is 0 Å². The molecule has 9 heteroatoms. The van der Waals surface area contributed by atoms with Crippen molar-refractivity contribution >= 4 is 17.5 Å². The number of ether oxygens (including phenoxy) is 1. The Kier molecular flexibility index (Phi) is 8.74. The summed E-state index contributed by atoms with van der Waals surface area (Å²) < 4.78 is 6.57. The number of carbonyl (C=O) groups excluding carboxylic acids is 1. The molecule has 6 rings (SSSR count). The van der Waals surface area contributed by atoms with Gasteiger partial charge in [0.2, 0.25) is 5.91 Å². The van der Waals surface area contributed by atoms with Crippen LogP contribution in [0.4, 0.5) is 0 Å². The Morgan fingerprint density at radius 3 is 2.88 bits per heavy atom. The molecule has 1 amide bonds. The molecular weight excluding hydrogens is 536 g/mol. The molecule has 0 bridgehead atoms. The van der Waals surface area contributed by atoms with Gasteiger partial charge < -0.3 is 14.5 Å². The molecule has 222 valence electrons. The van der Waals surface area contributed by atoms with E-state index in [2.05, 4.69) is 52.3 Å². The van der Waals surface area contributed by atoms with Gasteiger partial charge in [0.15, 0.2) is 6.35 Å². The van der Waals surface area contributed by atoms with E-state index in [1.807, 2.05) is 11.0 Å². The number of aryl methyl sites for hydroxylation is 1. The zero-order valence-corrected chi connectivity index (χ0v) is 25.1. The first-order valence-corrected chi connectivity index (χ1v) is 15.9. The molecule has 7 atom stereocenters. The highest BCUT2D eigenvalue weighted by atomic mass is 35.5. The second kappa shape index (κ2) is 12.3. The van der Waals surface area contributed by atoms with Gasteiger partial charge in [-0.2, -0.15) is 5.26 Å². The van der Waals surface area contributed by atoms with E-state index >= 15 is 0 Å². The van der Waals surface area contributed by atoms with Crippen LogP contribution in [0.15, 0.2) is 30.9 Å². The second-order valence-corrected chi connectivity index (χ2v) is 13.6. The number of hydrogen-bond donors (Lipinski definition) is 2. The highest BCUT2D eigenvalue weighted by molar-refractivity contribution is 6.30. The summed E-state index contributed by atoms with van der Waals surface area (Å²) in [5.74, 6) is 0.347. The summed E-state index contributed by atoms with van der Waals surface area (Å²) in [5.41, 5.74) is 3.16. The number of nitriles is 1. The summed E-state index contributed by atoms with van der Waals surface area (Å²) in [6, 6.07) is 9.41. The normalized spacial score (nSPS) is 36.0. The molecule has 3 saturated heterocycles. The van der Waals surface area contributed by atoms with Crippen LogP contribution >= 0.6 is 11.6 Å². The maximum Gasteiger partial charge on any atom is 0.246 e. The minimum atomic E-state index is -0.224. The van der Waals surface area contributed by atoms with Crippen LogP contribution in [0.5, 0.6) is 0 Å². The van der Waals surface area contributed by atoms with Gasteiger partial charge in [-0.1, -0.05) is 24.2 Å². The topological polar surface area (TPSA) is 83.9 Å². The van der Waals surface area contributed by atoms with Crippen molar-refractivity contribution in [2.45, 2.75) is 88.4 Å². The largest absolute Gasteiger partial charge is 0.348 e. The average Bonchev–Trinajstić information content (AvgIpc) is 3.39. The Morgan fingerprint density at radius 2 is 2.10 bits per heavy atom. The van der Waals surface area contributed by atoms with Gasteiger partial charge >= 0.3 is 0 Å². The van der Waals surface area contributed by atoms with Crippen molar-refractivity contribution in [2.24, 2.45) is 11.3 Å². The number of nitrogens with one attached hydrogen (secondary N) is 2. The first kappa shape index (κ1) is 29.1. The van der Waals surface area contributed by atoms with E-state index in [9.17, 15) is 10.1 Å². The van der Waals surface area contributed by atoms with Crippen molar-refractivity contribution in [3.8, 4) is 6.07 Å². The SMILES string of the molecule is C=CC(=O)N1CCN(C2NC(OCC3CCCN3C)NC3C[C@@]4(CCc5ccc(Cl)cc5C4)CCC32)CC1CC#N. The van der Waals surface area contributed by atoms with Crippen LogP contribution in [-0.2, 0) is 22.4 Å². The molecule has 4 fully saturated rings. The van der Waals surface area contributed by atoms with Crippen molar-refractivity contribution in [1.29, 1.82) is 5.26 Å². The lowest BCUT2D eigenvalue weighted by atomic mass is 9.59. The Balaban J connectivity index is 1.21. The number of hydrogen-bond acceptors (Lipinski definition) is 7. The number of likely N-dealkylation sites (N-methyl/N-ethyl adjacent to an activating group) is 1. The summed E-state index contributed by atoms with van der Waals surface area (Å²) in [4.78, 5) is 19.3. The number of piperazine rings is 1. The summed E-state index contributed by atoms with van der Waals surface area (Å²) in [7, 11) is 2.19. The van der Waals surface area contributed by atoms with E-state index in [1.165, 1.54) is 42.9 Å². The van der Waals surface area contributed by atoms with Crippen LogP contribution in [0.1, 0.15) is 56.1 Å². The van der Waals surface area contributed by atoms with E-state index in [0.29, 0.717) is 44.1 Å². The van der Waals surface area contributed by atoms with Gasteiger partial charge in [0.05, 0.1) is 31.3 Å². The Morgan fingerprint density at radius 1 is 1.22 bits per heavy atom. The first-order chi connectivity index (χ1) is 19.9. The smallest absolute Gasteiger partial charge is 0.246 e. The van der Waals surface area contributed by atoms with E-state index in [1.54, 1.807) is 0 Å². The van der Waals surface area contributed by atoms with E-state index in [-0.39, 0.29) is 29.9 Å². The number of rotatable bonds is 6. The number of fused-ring (bicyclic) bond motifs is 2. The lowest BCUT2D eigenvalue weighted by Gasteiger charge is -2.56. The Bertz CT molecular complexity index is 1170. The molecule has 3 heterocycles. The number of carbonyl (C=O) groups is 1. The van der Waals surface area contributed by atoms with Gasteiger partial charge in [-0.25, -0.2) is 0 Å². The second-order valence-electron chi connectivity index (χ2n) is 13.1. The zero-order chi connectivity index (χ0) is 28.6. The highest BCUT2D eigenvalue weighted by Crippen LogP contribution is 2.50. The van der Waals surface area contributed by atoms with Crippen LogP contribution in [0, 0.1) is 22.7 Å². The number of nitrogens with zero attached hydrogens (tertiary/aromatic N) is 4. The monoisotopic (exact) mass is 580 g/mol. The third-order valence-corrected chi connectivity index (χ3v) is 11.0. The molecule has 1 aromatic carbocycles. The number of likely N-dealkylation sites (tertiary alicyclic amines) is 1. The van der Waals surface area contributed by atoms with Crippen molar-refractivity contribution in [2.75, 3.05) is 39.8 Å². The lowest BCUT2D eigenvalue weighted by Crippen LogP contribution is -2.72. The molecule has 41 heavy (non-hydrogen) atoms. The Hall–Kier alpha value is -1.99. The number of halogens is 1. The molecule has 2 N–H and O–H groups in total. The summed E-state index contributed by atoms with van der Waals surface area (Å²) in [5, 5.41) is 18.1. The first-order valence-electron chi connectivity index (χ1n) is 15.5. The minimum Gasteiger partial charge on any atom is -0.348 e.